The molecule has 1 aromatic carbocycles. The van der Waals surface area contributed by atoms with E-state index in [1.165, 1.54) is 5.56 Å². The first-order valence-corrected chi connectivity index (χ1v) is 7.10. The number of anilines is 1. The van der Waals surface area contributed by atoms with Gasteiger partial charge in [-0.3, -0.25) is 0 Å². The molecule has 0 aliphatic rings. The van der Waals surface area contributed by atoms with Gasteiger partial charge in [0.15, 0.2) is 0 Å². The number of nitriles is 1. The second kappa shape index (κ2) is 7.81. The van der Waals surface area contributed by atoms with E-state index in [1.54, 1.807) is 0 Å². The van der Waals surface area contributed by atoms with Crippen LogP contribution in [0.2, 0.25) is 0 Å². The fourth-order valence-electron chi connectivity index (χ4n) is 2.01. The van der Waals surface area contributed by atoms with Crippen molar-refractivity contribution in [3.8, 4) is 6.07 Å². The summed E-state index contributed by atoms with van der Waals surface area (Å²) in [6, 6.07) is 8.93. The molecular formula is C16H25N3. The summed E-state index contributed by atoms with van der Waals surface area (Å²) in [6.07, 6.45) is 2.20. The van der Waals surface area contributed by atoms with Gasteiger partial charge >= 0.3 is 0 Å². The van der Waals surface area contributed by atoms with Gasteiger partial charge in [-0.15, -0.1) is 0 Å². The van der Waals surface area contributed by atoms with Crippen LogP contribution in [-0.4, -0.2) is 19.6 Å². The second-order valence-corrected chi connectivity index (χ2v) is 5.01. The molecule has 19 heavy (non-hydrogen) atoms. The third-order valence-electron chi connectivity index (χ3n) is 3.57. The maximum Gasteiger partial charge on any atom is 0.101 e. The molecule has 1 unspecified atom stereocenters. The molecule has 0 saturated carbocycles. The van der Waals surface area contributed by atoms with Crippen LogP contribution in [0.5, 0.6) is 0 Å². The van der Waals surface area contributed by atoms with E-state index in [0.29, 0.717) is 6.04 Å². The number of hydrogen-bond donors (Lipinski definition) is 1. The van der Waals surface area contributed by atoms with Crippen molar-refractivity contribution in [3.63, 3.8) is 0 Å². The van der Waals surface area contributed by atoms with E-state index < -0.39 is 0 Å². The first-order valence-electron chi connectivity index (χ1n) is 7.10. The molecule has 104 valence electrons. The van der Waals surface area contributed by atoms with Crippen LogP contribution in [-0.2, 0) is 6.54 Å². The Bertz CT molecular complexity index is 434. The highest BCUT2D eigenvalue weighted by molar-refractivity contribution is 5.60. The van der Waals surface area contributed by atoms with Crippen molar-refractivity contribution in [1.82, 2.24) is 5.32 Å². The van der Waals surface area contributed by atoms with E-state index in [1.807, 2.05) is 6.07 Å². The lowest BCUT2D eigenvalue weighted by Crippen LogP contribution is -2.28. The Kier molecular flexibility index (Phi) is 6.38. The third-order valence-corrected chi connectivity index (χ3v) is 3.57. The second-order valence-electron chi connectivity index (χ2n) is 5.01. The number of benzene rings is 1. The molecule has 3 heteroatoms. The SMILES string of the molecule is CCCNCc1ccc(N(C)C(C)CC)c(C#N)c1. The highest BCUT2D eigenvalue weighted by atomic mass is 15.1. The first-order chi connectivity index (χ1) is 9.13. The molecule has 1 rings (SSSR count). The minimum atomic E-state index is 0.441. The zero-order valence-corrected chi connectivity index (χ0v) is 12.5. The molecule has 1 aromatic rings. The zero-order chi connectivity index (χ0) is 14.3. The van der Waals surface area contributed by atoms with Gasteiger partial charge in [-0.2, -0.15) is 5.26 Å². The van der Waals surface area contributed by atoms with Crippen LogP contribution in [0.15, 0.2) is 18.2 Å². The molecule has 0 fully saturated rings. The summed E-state index contributed by atoms with van der Waals surface area (Å²) < 4.78 is 0. The van der Waals surface area contributed by atoms with Crippen LogP contribution in [0.25, 0.3) is 0 Å². The van der Waals surface area contributed by atoms with E-state index in [4.69, 9.17) is 0 Å². The summed E-state index contributed by atoms with van der Waals surface area (Å²) in [5.74, 6) is 0. The van der Waals surface area contributed by atoms with E-state index in [9.17, 15) is 5.26 Å². The van der Waals surface area contributed by atoms with Gasteiger partial charge in [0.25, 0.3) is 0 Å². The minimum absolute atomic E-state index is 0.441. The summed E-state index contributed by atoms with van der Waals surface area (Å²) in [4.78, 5) is 2.18. The van der Waals surface area contributed by atoms with Gasteiger partial charge in [0, 0.05) is 19.6 Å². The molecule has 0 heterocycles. The lowest BCUT2D eigenvalue weighted by Gasteiger charge is -2.27. The van der Waals surface area contributed by atoms with Crippen molar-refractivity contribution in [2.45, 2.75) is 46.2 Å². The number of rotatable bonds is 7. The Hall–Kier alpha value is -1.53. The van der Waals surface area contributed by atoms with Crippen LogP contribution in [0.4, 0.5) is 5.69 Å². The van der Waals surface area contributed by atoms with Crippen LogP contribution in [0.1, 0.15) is 44.7 Å². The molecule has 0 radical (unpaired) electrons. The fourth-order valence-corrected chi connectivity index (χ4v) is 2.01. The third kappa shape index (κ3) is 4.25. The standard InChI is InChI=1S/C16H25N3/c1-5-9-18-12-14-7-8-16(15(10-14)11-17)19(4)13(3)6-2/h7-8,10,13,18H,5-6,9,12H2,1-4H3. The summed E-state index contributed by atoms with van der Waals surface area (Å²) in [6.45, 7) is 8.33. The average Bonchev–Trinajstić information content (AvgIpc) is 2.45. The maximum absolute atomic E-state index is 9.32. The van der Waals surface area contributed by atoms with Gasteiger partial charge in [-0.05, 0) is 44.0 Å². The summed E-state index contributed by atoms with van der Waals surface area (Å²) in [5.41, 5.74) is 2.96. The minimum Gasteiger partial charge on any atom is -0.371 e. The van der Waals surface area contributed by atoms with Crippen molar-refractivity contribution in [1.29, 1.82) is 5.26 Å². The Labute approximate surface area is 117 Å². The Morgan fingerprint density at radius 1 is 1.37 bits per heavy atom. The Balaban J connectivity index is 2.88. The van der Waals surface area contributed by atoms with Crippen LogP contribution in [0, 0.1) is 11.3 Å². The number of nitrogens with zero attached hydrogens (tertiary/aromatic N) is 2. The number of nitrogens with one attached hydrogen (secondary N) is 1. The molecular weight excluding hydrogens is 234 g/mol. The highest BCUT2D eigenvalue weighted by Crippen LogP contribution is 2.23. The highest BCUT2D eigenvalue weighted by Gasteiger charge is 2.12. The fraction of sp³-hybridized carbons (Fsp3) is 0.562. The van der Waals surface area contributed by atoms with Crippen molar-refractivity contribution < 1.29 is 0 Å². The quantitative estimate of drug-likeness (QED) is 0.764. The van der Waals surface area contributed by atoms with Crippen molar-refractivity contribution in [3.05, 3.63) is 29.3 Å². The molecule has 3 nitrogen and oxygen atoms in total. The predicted octanol–water partition coefficient (Wildman–Crippen LogP) is 3.29. The van der Waals surface area contributed by atoms with Gasteiger partial charge in [-0.1, -0.05) is 19.9 Å². The lowest BCUT2D eigenvalue weighted by molar-refractivity contribution is 0.661. The van der Waals surface area contributed by atoms with Gasteiger partial charge in [0.1, 0.15) is 6.07 Å². The van der Waals surface area contributed by atoms with Gasteiger partial charge in [-0.25, -0.2) is 0 Å². The summed E-state index contributed by atoms with van der Waals surface area (Å²) in [7, 11) is 2.05. The van der Waals surface area contributed by atoms with E-state index >= 15 is 0 Å². The van der Waals surface area contributed by atoms with Crippen molar-refractivity contribution in [2.24, 2.45) is 0 Å². The lowest BCUT2D eigenvalue weighted by atomic mass is 10.1. The molecule has 0 bridgehead atoms. The molecule has 0 amide bonds. The van der Waals surface area contributed by atoms with E-state index in [2.05, 4.69) is 56.2 Å². The van der Waals surface area contributed by atoms with Gasteiger partial charge in [0.05, 0.1) is 11.3 Å². The molecule has 0 saturated heterocycles. The smallest absolute Gasteiger partial charge is 0.101 e. The normalized spacial score (nSPS) is 11.9. The van der Waals surface area contributed by atoms with Gasteiger partial charge in [0.2, 0.25) is 0 Å². The molecule has 0 aromatic heterocycles. The first kappa shape index (κ1) is 15.5. The van der Waals surface area contributed by atoms with Crippen molar-refractivity contribution >= 4 is 5.69 Å². The Morgan fingerprint density at radius 2 is 2.11 bits per heavy atom. The molecule has 0 spiro atoms. The Morgan fingerprint density at radius 3 is 2.68 bits per heavy atom. The van der Waals surface area contributed by atoms with Crippen LogP contribution < -0.4 is 10.2 Å². The molecule has 1 N–H and O–H groups in total. The van der Waals surface area contributed by atoms with E-state index in [-0.39, 0.29) is 0 Å². The predicted molar refractivity (Wildman–Crippen MR) is 81.3 cm³/mol. The van der Waals surface area contributed by atoms with E-state index in [0.717, 1.165) is 37.2 Å². The monoisotopic (exact) mass is 259 g/mol. The van der Waals surface area contributed by atoms with Crippen molar-refractivity contribution in [2.75, 3.05) is 18.5 Å². The maximum atomic E-state index is 9.32. The number of hydrogen-bond acceptors (Lipinski definition) is 3. The van der Waals surface area contributed by atoms with Crippen LogP contribution in [0.3, 0.4) is 0 Å². The zero-order valence-electron chi connectivity index (χ0n) is 12.5. The summed E-state index contributed by atoms with van der Waals surface area (Å²) >= 11 is 0. The average molecular weight is 259 g/mol. The summed E-state index contributed by atoms with van der Waals surface area (Å²) in [5, 5.41) is 12.7. The molecule has 0 aliphatic carbocycles. The molecule has 0 aliphatic heterocycles. The largest absolute Gasteiger partial charge is 0.371 e. The topological polar surface area (TPSA) is 39.1 Å². The van der Waals surface area contributed by atoms with Gasteiger partial charge < -0.3 is 10.2 Å². The molecule has 1 atom stereocenters. The van der Waals surface area contributed by atoms with Crippen LogP contribution >= 0.6 is 0 Å².